The fourth-order valence-electron chi connectivity index (χ4n) is 6.30. The summed E-state index contributed by atoms with van der Waals surface area (Å²) in [5, 5.41) is 4.58. The van der Waals surface area contributed by atoms with Gasteiger partial charge >= 0.3 is 6.18 Å². The van der Waals surface area contributed by atoms with Crippen LogP contribution in [0.4, 0.5) is 22.0 Å². The zero-order valence-electron chi connectivity index (χ0n) is 19.6. The lowest BCUT2D eigenvalue weighted by atomic mass is 9.79. The lowest BCUT2D eigenvalue weighted by Crippen LogP contribution is -2.51. The molecule has 0 radical (unpaired) electrons. The summed E-state index contributed by atoms with van der Waals surface area (Å²) in [5.74, 6) is -0.747. The van der Waals surface area contributed by atoms with E-state index in [9.17, 15) is 22.0 Å². The molecule has 0 amide bonds. The van der Waals surface area contributed by atoms with Crippen LogP contribution in [0.15, 0.2) is 42.5 Å². The van der Waals surface area contributed by atoms with Crippen LogP contribution in [0.3, 0.4) is 0 Å². The van der Waals surface area contributed by atoms with Gasteiger partial charge in [-0.25, -0.2) is 17.8 Å². The predicted octanol–water partition coefficient (Wildman–Crippen LogP) is 5.93. The Morgan fingerprint density at radius 2 is 1.78 bits per heavy atom. The molecule has 3 aliphatic rings. The Kier molecular flexibility index (Phi) is 5.69. The second-order valence-corrected chi connectivity index (χ2v) is 11.1. The Morgan fingerprint density at radius 3 is 2.50 bits per heavy atom. The molecule has 0 unspecified atom stereocenters. The monoisotopic (exact) mass is 520 g/mol. The Labute approximate surface area is 210 Å². The third-order valence-electron chi connectivity index (χ3n) is 8.00. The SMILES string of the molecule is Cn1nc(-c2ccc3c(c2)C[C@H]2CC[C@@H](C3)[C@]23CN(CC(F)(F)F)SN3)cc1-c1ccc(F)cc1F. The van der Waals surface area contributed by atoms with Gasteiger partial charge < -0.3 is 0 Å². The van der Waals surface area contributed by atoms with Crippen molar-refractivity contribution in [2.24, 2.45) is 18.9 Å². The molecular formula is C26H25F5N4S. The van der Waals surface area contributed by atoms with Gasteiger partial charge in [-0.15, -0.1) is 0 Å². The van der Waals surface area contributed by atoms with Crippen LogP contribution in [0.25, 0.3) is 22.5 Å². The smallest absolute Gasteiger partial charge is 0.267 e. The number of nitrogens with zero attached hydrogens (tertiary/aromatic N) is 3. The maximum Gasteiger partial charge on any atom is 0.402 e. The van der Waals surface area contributed by atoms with Gasteiger partial charge in [0.15, 0.2) is 0 Å². The van der Waals surface area contributed by atoms with Gasteiger partial charge in [-0.05, 0) is 72.9 Å². The molecule has 1 spiro atoms. The predicted molar refractivity (Wildman–Crippen MR) is 129 cm³/mol. The van der Waals surface area contributed by atoms with Crippen molar-refractivity contribution in [2.45, 2.75) is 37.4 Å². The van der Waals surface area contributed by atoms with E-state index in [0.29, 0.717) is 17.9 Å². The van der Waals surface area contributed by atoms with Gasteiger partial charge in [0.05, 0.1) is 11.4 Å². The minimum Gasteiger partial charge on any atom is -0.267 e. The van der Waals surface area contributed by atoms with Crippen LogP contribution in [0.1, 0.15) is 24.0 Å². The summed E-state index contributed by atoms with van der Waals surface area (Å²) in [6.07, 6.45) is -0.612. The van der Waals surface area contributed by atoms with Crippen LogP contribution in [0, 0.1) is 23.5 Å². The zero-order chi connectivity index (χ0) is 25.2. The quantitative estimate of drug-likeness (QED) is 0.343. The molecule has 2 aromatic carbocycles. The second-order valence-electron chi connectivity index (χ2n) is 10.2. The maximum absolute atomic E-state index is 14.4. The number of fused-ring (bicyclic) bond motifs is 1. The third-order valence-corrected chi connectivity index (χ3v) is 8.99. The standard InChI is InChI=1S/C26H25F5N4S/c1-34-24(21-7-6-20(27)11-22(21)28)12-23(32-34)16-3-2-15-9-18-4-5-19(10-17(15)8-16)25(18)13-35(36-33-25)14-26(29,30)31/h2-3,6-8,11-12,18-19,33H,4-5,9-10,13-14H2,1H3/t18-,19+,25+/m0/s1. The first-order chi connectivity index (χ1) is 17.1. The Hall–Kier alpha value is -2.43. The number of aryl methyl sites for hydroxylation is 1. The van der Waals surface area contributed by atoms with Crippen LogP contribution in [0.5, 0.6) is 0 Å². The highest BCUT2D eigenvalue weighted by Gasteiger charge is 2.56. The Balaban J connectivity index is 1.28. The molecule has 190 valence electrons. The Bertz CT molecular complexity index is 1320. The molecular weight excluding hydrogens is 495 g/mol. The van der Waals surface area contributed by atoms with E-state index in [2.05, 4.69) is 22.0 Å². The lowest BCUT2D eigenvalue weighted by molar-refractivity contribution is -0.135. The van der Waals surface area contributed by atoms with E-state index in [1.165, 1.54) is 27.6 Å². The number of hydrogen-bond acceptors (Lipinski definition) is 4. The van der Waals surface area contributed by atoms with Crippen LogP contribution in [-0.2, 0) is 19.9 Å². The molecule has 1 saturated heterocycles. The van der Waals surface area contributed by atoms with Crippen molar-refractivity contribution in [1.82, 2.24) is 18.8 Å². The molecule has 36 heavy (non-hydrogen) atoms. The highest BCUT2D eigenvalue weighted by Crippen LogP contribution is 2.52. The van der Waals surface area contributed by atoms with E-state index in [0.717, 1.165) is 49.4 Å². The van der Waals surface area contributed by atoms with Gasteiger partial charge in [-0.2, -0.15) is 18.3 Å². The minimum atomic E-state index is -4.22. The molecule has 1 saturated carbocycles. The van der Waals surface area contributed by atoms with Crippen LogP contribution >= 0.6 is 12.1 Å². The summed E-state index contributed by atoms with van der Waals surface area (Å²) in [7, 11) is 1.73. The maximum atomic E-state index is 14.4. The summed E-state index contributed by atoms with van der Waals surface area (Å²) >= 11 is 1.11. The number of hydrogen-bond donors (Lipinski definition) is 1. The third kappa shape index (κ3) is 4.13. The minimum absolute atomic E-state index is 0.248. The number of halogens is 5. The highest BCUT2D eigenvalue weighted by atomic mass is 32.2. The van der Waals surface area contributed by atoms with E-state index >= 15 is 0 Å². The average Bonchev–Trinajstić information content (AvgIpc) is 3.44. The topological polar surface area (TPSA) is 33.1 Å². The highest BCUT2D eigenvalue weighted by molar-refractivity contribution is 7.95. The molecule has 3 aromatic rings. The van der Waals surface area contributed by atoms with Gasteiger partial charge in [0, 0.05) is 48.5 Å². The van der Waals surface area contributed by atoms with Crippen molar-refractivity contribution in [3.05, 3.63) is 65.2 Å². The van der Waals surface area contributed by atoms with E-state index in [-0.39, 0.29) is 22.9 Å². The van der Waals surface area contributed by atoms with Crippen molar-refractivity contribution in [2.75, 3.05) is 13.1 Å². The van der Waals surface area contributed by atoms with Crippen molar-refractivity contribution >= 4 is 12.1 Å². The fourth-order valence-corrected chi connectivity index (χ4v) is 7.49. The van der Waals surface area contributed by atoms with Crippen LogP contribution in [-0.4, -0.2) is 38.9 Å². The van der Waals surface area contributed by atoms with Crippen molar-refractivity contribution in [3.8, 4) is 22.5 Å². The zero-order valence-corrected chi connectivity index (χ0v) is 20.4. The molecule has 1 aromatic heterocycles. The van der Waals surface area contributed by atoms with E-state index in [4.69, 9.17) is 0 Å². The summed E-state index contributed by atoms with van der Waals surface area (Å²) in [6.45, 7) is -0.528. The molecule has 2 bridgehead atoms. The van der Waals surface area contributed by atoms with Gasteiger partial charge in [-0.1, -0.05) is 12.1 Å². The molecule has 4 nitrogen and oxygen atoms in total. The van der Waals surface area contributed by atoms with Crippen LogP contribution in [0.2, 0.25) is 0 Å². The summed E-state index contributed by atoms with van der Waals surface area (Å²) < 4.78 is 73.3. The molecule has 1 aliphatic heterocycles. The number of aromatic nitrogens is 2. The number of rotatable bonds is 3. The number of alkyl halides is 3. The van der Waals surface area contributed by atoms with Gasteiger partial charge in [0.2, 0.25) is 0 Å². The van der Waals surface area contributed by atoms with Crippen molar-refractivity contribution in [1.29, 1.82) is 0 Å². The molecule has 1 N–H and O–H groups in total. The molecule has 3 atom stereocenters. The van der Waals surface area contributed by atoms with E-state index < -0.39 is 24.4 Å². The van der Waals surface area contributed by atoms with Crippen molar-refractivity contribution in [3.63, 3.8) is 0 Å². The summed E-state index contributed by atoms with van der Waals surface area (Å²) in [5.41, 5.74) is 4.51. The lowest BCUT2D eigenvalue weighted by Gasteiger charge is -2.34. The average molecular weight is 521 g/mol. The molecule has 6 rings (SSSR count). The number of benzene rings is 2. The second kappa shape index (κ2) is 8.56. The Morgan fingerprint density at radius 1 is 1.03 bits per heavy atom. The largest absolute Gasteiger partial charge is 0.402 e. The molecule has 10 heteroatoms. The number of nitrogens with one attached hydrogen (secondary N) is 1. The summed E-state index contributed by atoms with van der Waals surface area (Å²) in [6, 6.07) is 11.5. The van der Waals surface area contributed by atoms with Gasteiger partial charge in [0.1, 0.15) is 18.2 Å². The molecule has 2 aliphatic carbocycles. The molecule has 2 fully saturated rings. The van der Waals surface area contributed by atoms with Crippen LogP contribution < -0.4 is 4.72 Å². The van der Waals surface area contributed by atoms with Gasteiger partial charge in [0.25, 0.3) is 0 Å². The first kappa shape index (κ1) is 23.9. The van der Waals surface area contributed by atoms with Gasteiger partial charge in [-0.3, -0.25) is 4.68 Å². The first-order valence-electron chi connectivity index (χ1n) is 12.0. The fraction of sp³-hybridized carbons (Fsp3) is 0.423. The first-order valence-corrected chi connectivity index (χ1v) is 12.8. The van der Waals surface area contributed by atoms with E-state index in [1.54, 1.807) is 17.8 Å². The van der Waals surface area contributed by atoms with E-state index in [1.807, 2.05) is 6.07 Å². The van der Waals surface area contributed by atoms with Crippen molar-refractivity contribution < 1.29 is 22.0 Å². The molecule has 2 heterocycles. The summed E-state index contributed by atoms with van der Waals surface area (Å²) in [4.78, 5) is 0. The normalized spacial score (nSPS) is 25.9.